The Morgan fingerprint density at radius 2 is 1.14 bits per heavy atom. The van der Waals surface area contributed by atoms with E-state index in [9.17, 15) is 35.9 Å². The summed E-state index contributed by atoms with van der Waals surface area (Å²) in [4.78, 5) is 35.1. The van der Waals surface area contributed by atoms with Crippen molar-refractivity contribution in [2.24, 2.45) is 5.84 Å². The SMILES string of the molecule is CCN1CCN(N)CC1.CCN1CCN(NC(=O)/C=C\n2cnc(-c3cc(C)cc(C)c3)n2)CC1.O=C(O)/C=C\n1cnc(-c2cc(C(F)(F)F)cc(C(F)(F)F)c2)n1. The van der Waals surface area contributed by atoms with Crippen LogP contribution in [0.4, 0.5) is 26.3 Å². The molecule has 2 saturated heterocycles. The van der Waals surface area contributed by atoms with Crippen molar-refractivity contribution < 1.29 is 41.0 Å². The van der Waals surface area contributed by atoms with Crippen molar-refractivity contribution in [3.8, 4) is 22.8 Å². The van der Waals surface area contributed by atoms with E-state index in [2.05, 4.69) is 81.3 Å². The average Bonchev–Trinajstić information content (AvgIpc) is 3.87. The number of carbonyl (C=O) groups excluding carboxylic acids is 1. The van der Waals surface area contributed by atoms with Crippen molar-refractivity contribution in [2.75, 3.05) is 65.4 Å². The van der Waals surface area contributed by atoms with Gasteiger partial charge in [0.1, 0.15) is 12.7 Å². The van der Waals surface area contributed by atoms with Crippen LogP contribution in [0, 0.1) is 13.8 Å². The number of hydrogen-bond acceptors (Lipinski definition) is 11. The van der Waals surface area contributed by atoms with Crippen LogP contribution in [0.5, 0.6) is 0 Å². The third kappa shape index (κ3) is 15.0. The summed E-state index contributed by atoms with van der Waals surface area (Å²) < 4.78 is 79.1. The molecular weight excluding hydrogens is 786 g/mol. The monoisotopic (exact) mass is 834 g/mol. The number of alkyl halides is 6. The maximum absolute atomic E-state index is 12.8. The van der Waals surface area contributed by atoms with Gasteiger partial charge in [0, 0.05) is 88.0 Å². The molecule has 0 spiro atoms. The highest BCUT2D eigenvalue weighted by molar-refractivity contribution is 5.89. The van der Waals surface area contributed by atoms with Crippen molar-refractivity contribution in [3.63, 3.8) is 0 Å². The smallest absolute Gasteiger partial charge is 0.416 e. The largest absolute Gasteiger partial charge is 0.478 e. The van der Waals surface area contributed by atoms with Crippen LogP contribution in [0.25, 0.3) is 35.2 Å². The maximum atomic E-state index is 12.8. The van der Waals surface area contributed by atoms with Gasteiger partial charge in [-0.3, -0.25) is 16.1 Å². The molecular formula is C38H48F6N12O3. The van der Waals surface area contributed by atoms with Gasteiger partial charge in [0.15, 0.2) is 11.6 Å². The van der Waals surface area contributed by atoms with E-state index in [1.54, 1.807) is 17.2 Å². The first-order chi connectivity index (χ1) is 27.8. The molecule has 21 heteroatoms. The van der Waals surface area contributed by atoms with Crippen molar-refractivity contribution in [1.29, 1.82) is 0 Å². The number of benzene rings is 2. The zero-order valence-electron chi connectivity index (χ0n) is 33.1. The first-order valence-electron chi connectivity index (χ1n) is 18.6. The lowest BCUT2D eigenvalue weighted by Crippen LogP contribution is -2.53. The van der Waals surface area contributed by atoms with E-state index in [1.165, 1.54) is 17.2 Å². The number of halogens is 6. The van der Waals surface area contributed by atoms with Gasteiger partial charge in [-0.1, -0.05) is 31.0 Å². The van der Waals surface area contributed by atoms with Crippen LogP contribution < -0.4 is 11.3 Å². The molecule has 0 unspecified atom stereocenters. The van der Waals surface area contributed by atoms with Gasteiger partial charge in [-0.05, 0) is 57.3 Å². The minimum atomic E-state index is -4.98. The van der Waals surface area contributed by atoms with Crippen LogP contribution in [-0.2, 0) is 21.9 Å². The van der Waals surface area contributed by atoms with Crippen LogP contribution in [0.15, 0.2) is 61.2 Å². The van der Waals surface area contributed by atoms with Gasteiger partial charge in [-0.25, -0.2) is 34.1 Å². The molecule has 2 aromatic heterocycles. The molecule has 4 heterocycles. The third-order valence-electron chi connectivity index (χ3n) is 9.03. The number of carboxylic acids is 1. The van der Waals surface area contributed by atoms with E-state index in [1.807, 2.05) is 10.0 Å². The molecule has 6 rings (SSSR count). The number of amides is 1. The zero-order valence-corrected chi connectivity index (χ0v) is 33.1. The molecule has 4 N–H and O–H groups in total. The normalized spacial score (nSPS) is 16.1. The summed E-state index contributed by atoms with van der Waals surface area (Å²) in [6, 6.07) is 7.18. The Balaban J connectivity index is 0.000000216. The Bertz CT molecular complexity index is 1990. The molecule has 15 nitrogen and oxygen atoms in total. The van der Waals surface area contributed by atoms with Crippen LogP contribution >= 0.6 is 0 Å². The number of nitrogens with zero attached hydrogens (tertiary/aromatic N) is 10. The second-order valence-corrected chi connectivity index (χ2v) is 13.6. The van der Waals surface area contributed by atoms with Gasteiger partial charge >= 0.3 is 18.3 Å². The highest BCUT2D eigenvalue weighted by Crippen LogP contribution is 2.38. The fourth-order valence-electron chi connectivity index (χ4n) is 5.88. The molecule has 1 amide bonds. The minimum Gasteiger partial charge on any atom is -0.478 e. The Morgan fingerprint density at radius 3 is 1.58 bits per heavy atom. The molecule has 0 radical (unpaired) electrons. The fraction of sp³-hybridized carbons (Fsp3) is 0.421. The van der Waals surface area contributed by atoms with Crippen molar-refractivity contribution >= 4 is 24.3 Å². The molecule has 2 aromatic carbocycles. The number of carbonyl (C=O) groups is 2. The topological polar surface area (TPSA) is 167 Å². The first-order valence-corrected chi connectivity index (χ1v) is 18.6. The van der Waals surface area contributed by atoms with E-state index in [0.717, 1.165) is 88.2 Å². The summed E-state index contributed by atoms with van der Waals surface area (Å²) in [5, 5.41) is 20.3. The number of hydrazine groups is 2. The number of piperazine rings is 2. The number of nitrogens with two attached hydrogens (primary N) is 1. The van der Waals surface area contributed by atoms with Crippen LogP contribution in [0.2, 0.25) is 0 Å². The van der Waals surface area contributed by atoms with Gasteiger partial charge in [0.25, 0.3) is 5.91 Å². The van der Waals surface area contributed by atoms with E-state index in [-0.39, 0.29) is 12.0 Å². The Hall–Kier alpha value is -5.48. The number of likely N-dealkylation sites (N-methyl/N-ethyl adjacent to an activating group) is 2. The Kier molecular flexibility index (Phi) is 16.4. The van der Waals surface area contributed by atoms with Gasteiger partial charge in [0.2, 0.25) is 0 Å². The molecule has 2 aliphatic rings. The molecule has 2 fully saturated rings. The van der Waals surface area contributed by atoms with Crippen LogP contribution in [0.3, 0.4) is 0 Å². The van der Waals surface area contributed by atoms with Crippen LogP contribution in [-0.4, -0.2) is 132 Å². The number of aliphatic carboxylic acids is 1. The maximum Gasteiger partial charge on any atom is 0.416 e. The number of hydrogen-bond donors (Lipinski definition) is 3. The van der Waals surface area contributed by atoms with E-state index >= 15 is 0 Å². The lowest BCUT2D eigenvalue weighted by atomic mass is 10.0. The fourth-order valence-corrected chi connectivity index (χ4v) is 5.88. The lowest BCUT2D eigenvalue weighted by molar-refractivity contribution is -0.143. The molecule has 0 saturated carbocycles. The van der Waals surface area contributed by atoms with E-state index in [0.29, 0.717) is 24.0 Å². The Morgan fingerprint density at radius 1 is 0.695 bits per heavy atom. The second kappa shape index (κ2) is 21.0. The minimum absolute atomic E-state index is 0.00910. The lowest BCUT2D eigenvalue weighted by Gasteiger charge is -2.33. The number of nitrogens with one attached hydrogen (secondary N) is 1. The first kappa shape index (κ1) is 46.2. The number of carboxylic acid groups (broad SMARTS) is 1. The van der Waals surface area contributed by atoms with Crippen molar-refractivity contribution in [2.45, 2.75) is 40.0 Å². The highest BCUT2D eigenvalue weighted by Gasteiger charge is 2.37. The average molecular weight is 835 g/mol. The quantitative estimate of drug-likeness (QED) is 0.121. The molecule has 0 bridgehead atoms. The summed E-state index contributed by atoms with van der Waals surface area (Å²) in [5.41, 5.74) is 2.75. The van der Waals surface area contributed by atoms with Crippen molar-refractivity contribution in [1.82, 2.24) is 54.8 Å². The number of rotatable bonds is 9. The predicted octanol–water partition coefficient (Wildman–Crippen LogP) is 4.74. The highest BCUT2D eigenvalue weighted by atomic mass is 19.4. The number of aromatic nitrogens is 6. The van der Waals surface area contributed by atoms with Gasteiger partial charge in [-0.2, -0.15) is 26.3 Å². The molecule has 2 aliphatic heterocycles. The summed E-state index contributed by atoms with van der Waals surface area (Å²) in [5.74, 6) is 4.33. The molecule has 320 valence electrons. The molecule has 0 atom stereocenters. The van der Waals surface area contributed by atoms with Crippen LogP contribution in [0.1, 0.15) is 36.1 Å². The Labute approximate surface area is 337 Å². The summed E-state index contributed by atoms with van der Waals surface area (Å²) in [6.45, 7) is 18.6. The van der Waals surface area contributed by atoms with E-state index < -0.39 is 40.8 Å². The van der Waals surface area contributed by atoms with Gasteiger partial charge in [0.05, 0.1) is 11.1 Å². The summed E-state index contributed by atoms with van der Waals surface area (Å²) >= 11 is 0. The summed E-state index contributed by atoms with van der Waals surface area (Å²) in [7, 11) is 0. The molecule has 59 heavy (non-hydrogen) atoms. The summed E-state index contributed by atoms with van der Waals surface area (Å²) in [6.07, 6.45) is -2.71. The van der Waals surface area contributed by atoms with Gasteiger partial charge in [-0.15, -0.1) is 10.2 Å². The predicted molar refractivity (Wildman–Crippen MR) is 208 cm³/mol. The zero-order chi connectivity index (χ0) is 43.3. The van der Waals surface area contributed by atoms with Gasteiger partial charge < -0.3 is 14.9 Å². The standard InChI is InChI=1S/C19H26N6O.C13H7F6N3O2.C6H15N3/c1-4-23-7-9-24(10-8-23)21-18(26)5-6-25-14-20-19(22-25)17-12-15(2)11-16(3)13-17;14-12(15,16)8-3-7(4-9(5-8)13(17,18)19)11-20-6-22(21-11)2-1-10(23)24;1-2-8-3-5-9(7)6-4-8/h5-6,11-14H,4,7-10H2,1-3H3,(H,21,26);1-6H,(H,23,24);2-7H2,1H3/b6-5-;2-1-;. The molecule has 4 aromatic rings. The van der Waals surface area contributed by atoms with Crippen molar-refractivity contribution in [3.05, 3.63) is 83.5 Å². The second-order valence-electron chi connectivity index (χ2n) is 13.6. The third-order valence-corrected chi connectivity index (χ3v) is 9.03. The van der Waals surface area contributed by atoms with E-state index in [4.69, 9.17) is 10.9 Å². The molecule has 0 aliphatic carbocycles. The number of aryl methyl sites for hydroxylation is 2.